The molecule has 0 saturated heterocycles. The molecular formula is C16H17F2NO2. The molecule has 2 aromatic carbocycles. The lowest BCUT2D eigenvalue weighted by atomic mass is 10.1. The van der Waals surface area contributed by atoms with Gasteiger partial charge in [0, 0.05) is 12.7 Å². The Hall–Kier alpha value is -1.98. The molecule has 0 aromatic heterocycles. The van der Waals surface area contributed by atoms with Crippen LogP contribution in [-0.4, -0.2) is 13.7 Å². The molecule has 1 unspecified atom stereocenters. The zero-order chi connectivity index (χ0) is 15.2. The van der Waals surface area contributed by atoms with Crippen molar-refractivity contribution in [1.82, 2.24) is 0 Å². The smallest absolute Gasteiger partial charge is 0.128 e. The predicted molar refractivity (Wildman–Crippen MR) is 75.9 cm³/mol. The summed E-state index contributed by atoms with van der Waals surface area (Å²) in [5.41, 5.74) is 6.91. The van der Waals surface area contributed by atoms with Crippen LogP contribution in [0.2, 0.25) is 0 Å². The van der Waals surface area contributed by atoms with E-state index in [1.807, 2.05) is 18.2 Å². The summed E-state index contributed by atoms with van der Waals surface area (Å²) in [6.07, 6.45) is 0. The fraction of sp³-hybridized carbons (Fsp3) is 0.250. The van der Waals surface area contributed by atoms with Crippen molar-refractivity contribution in [1.29, 1.82) is 0 Å². The fourth-order valence-corrected chi connectivity index (χ4v) is 1.97. The highest BCUT2D eigenvalue weighted by atomic mass is 19.1. The Morgan fingerprint density at radius 1 is 1.14 bits per heavy atom. The summed E-state index contributed by atoms with van der Waals surface area (Å²) in [5.74, 6) is -0.457. The lowest BCUT2D eigenvalue weighted by Gasteiger charge is -2.15. The van der Waals surface area contributed by atoms with Crippen LogP contribution in [0.25, 0.3) is 0 Å². The van der Waals surface area contributed by atoms with Crippen LogP contribution in [0.3, 0.4) is 0 Å². The van der Waals surface area contributed by atoms with Crippen molar-refractivity contribution in [2.24, 2.45) is 5.73 Å². The molecule has 2 rings (SSSR count). The van der Waals surface area contributed by atoms with Gasteiger partial charge in [0.2, 0.25) is 0 Å². The van der Waals surface area contributed by atoms with Gasteiger partial charge in [-0.2, -0.15) is 0 Å². The molecular weight excluding hydrogens is 276 g/mol. The number of hydrogen-bond acceptors (Lipinski definition) is 3. The fourth-order valence-electron chi connectivity index (χ4n) is 1.97. The maximum atomic E-state index is 13.6. The van der Waals surface area contributed by atoms with Crippen molar-refractivity contribution in [3.8, 4) is 5.75 Å². The molecule has 0 amide bonds. The maximum Gasteiger partial charge on any atom is 0.128 e. The second-order valence-electron chi connectivity index (χ2n) is 4.66. The molecule has 5 heteroatoms. The first kappa shape index (κ1) is 15.4. The third-order valence-electron chi connectivity index (χ3n) is 3.00. The van der Waals surface area contributed by atoms with E-state index < -0.39 is 17.7 Å². The largest absolute Gasteiger partial charge is 0.492 e. The van der Waals surface area contributed by atoms with E-state index in [-0.39, 0.29) is 12.2 Å². The highest BCUT2D eigenvalue weighted by Gasteiger charge is 2.13. The van der Waals surface area contributed by atoms with E-state index in [9.17, 15) is 8.78 Å². The Balaban J connectivity index is 2.02. The molecule has 112 valence electrons. The third kappa shape index (κ3) is 4.24. The van der Waals surface area contributed by atoms with Crippen LogP contribution < -0.4 is 10.5 Å². The van der Waals surface area contributed by atoms with Crippen LogP contribution >= 0.6 is 0 Å². The van der Waals surface area contributed by atoms with Gasteiger partial charge in [0.15, 0.2) is 0 Å². The average Bonchev–Trinajstić information content (AvgIpc) is 2.48. The van der Waals surface area contributed by atoms with E-state index in [0.29, 0.717) is 12.4 Å². The van der Waals surface area contributed by atoms with E-state index in [0.717, 1.165) is 23.8 Å². The molecule has 0 aliphatic heterocycles. The van der Waals surface area contributed by atoms with Crippen LogP contribution in [0, 0.1) is 11.6 Å². The summed E-state index contributed by atoms with van der Waals surface area (Å²) >= 11 is 0. The van der Waals surface area contributed by atoms with Gasteiger partial charge >= 0.3 is 0 Å². The lowest BCUT2D eigenvalue weighted by Crippen LogP contribution is -2.20. The molecule has 0 aliphatic rings. The van der Waals surface area contributed by atoms with Crippen molar-refractivity contribution in [3.63, 3.8) is 0 Å². The van der Waals surface area contributed by atoms with Crippen molar-refractivity contribution >= 4 is 0 Å². The third-order valence-corrected chi connectivity index (χ3v) is 3.00. The number of rotatable bonds is 6. The zero-order valence-corrected chi connectivity index (χ0v) is 11.7. The van der Waals surface area contributed by atoms with Crippen molar-refractivity contribution in [2.45, 2.75) is 12.6 Å². The Bertz CT molecular complexity index is 605. The second-order valence-corrected chi connectivity index (χ2v) is 4.66. The molecule has 0 fully saturated rings. The van der Waals surface area contributed by atoms with Crippen LogP contribution in [0.5, 0.6) is 5.75 Å². The molecule has 0 aliphatic carbocycles. The van der Waals surface area contributed by atoms with Gasteiger partial charge in [-0.1, -0.05) is 12.1 Å². The minimum atomic E-state index is -0.744. The van der Waals surface area contributed by atoms with Gasteiger partial charge in [-0.25, -0.2) is 8.78 Å². The Morgan fingerprint density at radius 2 is 1.95 bits per heavy atom. The second kappa shape index (κ2) is 7.15. The first-order valence-electron chi connectivity index (χ1n) is 6.51. The molecule has 1 atom stereocenters. The van der Waals surface area contributed by atoms with E-state index in [1.54, 1.807) is 13.2 Å². The van der Waals surface area contributed by atoms with Crippen LogP contribution in [0.15, 0.2) is 42.5 Å². The van der Waals surface area contributed by atoms with E-state index >= 15 is 0 Å². The highest BCUT2D eigenvalue weighted by Crippen LogP contribution is 2.19. The van der Waals surface area contributed by atoms with Crippen LogP contribution in [0.4, 0.5) is 8.78 Å². The summed E-state index contributed by atoms with van der Waals surface area (Å²) in [4.78, 5) is 0. The van der Waals surface area contributed by atoms with E-state index in [1.165, 1.54) is 0 Å². The van der Waals surface area contributed by atoms with Crippen molar-refractivity contribution in [2.75, 3.05) is 13.7 Å². The van der Waals surface area contributed by atoms with E-state index in [4.69, 9.17) is 15.2 Å². The SMILES string of the molecule is COCc1cccc(OCC(N)c2cc(F)ccc2F)c1. The molecule has 3 nitrogen and oxygen atoms in total. The minimum absolute atomic E-state index is 0.0524. The van der Waals surface area contributed by atoms with Gasteiger partial charge in [0.25, 0.3) is 0 Å². The molecule has 0 spiro atoms. The quantitative estimate of drug-likeness (QED) is 0.889. The lowest BCUT2D eigenvalue weighted by molar-refractivity contribution is 0.184. The molecule has 0 saturated carbocycles. The number of halogens is 2. The van der Waals surface area contributed by atoms with Gasteiger partial charge in [0.1, 0.15) is 24.0 Å². The molecule has 2 N–H and O–H groups in total. The minimum Gasteiger partial charge on any atom is -0.492 e. The molecule has 0 bridgehead atoms. The summed E-state index contributed by atoms with van der Waals surface area (Å²) in [5, 5.41) is 0. The normalized spacial score (nSPS) is 12.2. The summed E-state index contributed by atoms with van der Waals surface area (Å²) in [7, 11) is 1.61. The monoisotopic (exact) mass is 293 g/mol. The number of benzene rings is 2. The molecule has 0 radical (unpaired) electrons. The summed E-state index contributed by atoms with van der Waals surface area (Å²) < 4.78 is 37.3. The number of methoxy groups -OCH3 is 1. The number of nitrogens with two attached hydrogens (primary N) is 1. The highest BCUT2D eigenvalue weighted by molar-refractivity contribution is 5.28. The van der Waals surface area contributed by atoms with Gasteiger partial charge in [-0.3, -0.25) is 0 Å². The van der Waals surface area contributed by atoms with Gasteiger partial charge in [-0.05, 0) is 35.9 Å². The van der Waals surface area contributed by atoms with Crippen molar-refractivity contribution in [3.05, 3.63) is 65.2 Å². The first-order valence-corrected chi connectivity index (χ1v) is 6.51. The van der Waals surface area contributed by atoms with Crippen LogP contribution in [-0.2, 0) is 11.3 Å². The number of ether oxygens (including phenoxy) is 2. The number of hydrogen-bond donors (Lipinski definition) is 1. The first-order chi connectivity index (χ1) is 10.1. The van der Waals surface area contributed by atoms with Gasteiger partial charge < -0.3 is 15.2 Å². The Kier molecular flexibility index (Phi) is 5.25. The molecule has 21 heavy (non-hydrogen) atoms. The predicted octanol–water partition coefficient (Wildman–Crippen LogP) is 3.19. The van der Waals surface area contributed by atoms with Crippen molar-refractivity contribution < 1.29 is 18.3 Å². The standard InChI is InChI=1S/C16H17F2NO2/c1-20-9-11-3-2-4-13(7-11)21-10-16(19)14-8-12(17)5-6-15(14)18/h2-8,16H,9-10,19H2,1H3. The Morgan fingerprint density at radius 3 is 2.71 bits per heavy atom. The average molecular weight is 293 g/mol. The van der Waals surface area contributed by atoms with Crippen LogP contribution in [0.1, 0.15) is 17.2 Å². The molecule has 2 aromatic rings. The maximum absolute atomic E-state index is 13.6. The van der Waals surface area contributed by atoms with Gasteiger partial charge in [-0.15, -0.1) is 0 Å². The zero-order valence-electron chi connectivity index (χ0n) is 11.7. The summed E-state index contributed by atoms with van der Waals surface area (Å²) in [6.45, 7) is 0.526. The summed E-state index contributed by atoms with van der Waals surface area (Å²) in [6, 6.07) is 9.79. The van der Waals surface area contributed by atoms with E-state index in [2.05, 4.69) is 0 Å². The topological polar surface area (TPSA) is 44.5 Å². The molecule has 0 heterocycles. The Labute approximate surface area is 122 Å². The van der Waals surface area contributed by atoms with Gasteiger partial charge in [0.05, 0.1) is 12.6 Å².